The Morgan fingerprint density at radius 3 is 2.55 bits per heavy atom. The number of nitrogens with two attached hydrogens (primary N) is 1. The molecule has 0 amide bonds. The lowest BCUT2D eigenvalue weighted by Gasteiger charge is -2.14. The second kappa shape index (κ2) is 8.89. The first kappa shape index (κ1) is 21.9. The number of nitrogens with one attached hydrogen (secondary N) is 1. The summed E-state index contributed by atoms with van der Waals surface area (Å²) in [5.74, 6) is 5.60. The van der Waals surface area contributed by atoms with E-state index in [-0.39, 0.29) is 29.3 Å². The van der Waals surface area contributed by atoms with Gasteiger partial charge in [-0.3, -0.25) is 13.9 Å². The van der Waals surface area contributed by atoms with Gasteiger partial charge in [-0.15, -0.1) is 5.92 Å². The molecule has 0 aliphatic heterocycles. The molecule has 2 heterocycles. The van der Waals surface area contributed by atoms with Gasteiger partial charge in [-0.1, -0.05) is 5.92 Å². The van der Waals surface area contributed by atoms with Crippen LogP contribution < -0.4 is 21.3 Å². The fourth-order valence-corrected chi connectivity index (χ4v) is 3.19. The summed E-state index contributed by atoms with van der Waals surface area (Å²) in [5.41, 5.74) is 7.13. The molecule has 2 aromatic heterocycles. The van der Waals surface area contributed by atoms with Crippen LogP contribution in [0.15, 0.2) is 16.9 Å². The third-order valence-corrected chi connectivity index (χ3v) is 4.69. The summed E-state index contributed by atoms with van der Waals surface area (Å²) in [4.78, 5) is 33.3. The van der Waals surface area contributed by atoms with Gasteiger partial charge in [0.2, 0.25) is 5.95 Å². The highest BCUT2D eigenvalue weighted by molar-refractivity contribution is 5.88. The van der Waals surface area contributed by atoms with Crippen molar-refractivity contribution < 1.29 is 14.6 Å². The number of aromatic carboxylic acids is 1. The second-order valence-electron chi connectivity index (χ2n) is 6.94. The first-order valence-corrected chi connectivity index (χ1v) is 9.61. The molecule has 0 saturated carbocycles. The molecule has 10 nitrogen and oxygen atoms in total. The maximum atomic E-state index is 13.1. The zero-order chi connectivity index (χ0) is 22.7. The van der Waals surface area contributed by atoms with E-state index in [9.17, 15) is 14.7 Å². The Morgan fingerprint density at radius 2 is 1.97 bits per heavy atom. The van der Waals surface area contributed by atoms with E-state index in [0.29, 0.717) is 41.4 Å². The van der Waals surface area contributed by atoms with Crippen molar-refractivity contribution in [2.45, 2.75) is 27.3 Å². The number of aromatic nitrogens is 4. The van der Waals surface area contributed by atoms with Crippen molar-refractivity contribution in [1.82, 2.24) is 19.1 Å². The molecule has 1 aromatic carbocycles. The van der Waals surface area contributed by atoms with Crippen LogP contribution in [-0.2, 0) is 13.6 Å². The molecule has 0 bridgehead atoms. The molecule has 0 unspecified atom stereocenters. The molecule has 0 radical (unpaired) electrons. The highest BCUT2D eigenvalue weighted by Crippen LogP contribution is 2.29. The van der Waals surface area contributed by atoms with Crippen LogP contribution in [0.4, 0.5) is 5.95 Å². The van der Waals surface area contributed by atoms with Crippen molar-refractivity contribution in [3.05, 3.63) is 39.2 Å². The number of rotatable bonds is 7. The van der Waals surface area contributed by atoms with Crippen LogP contribution in [0.1, 0.15) is 28.4 Å². The van der Waals surface area contributed by atoms with Crippen LogP contribution in [0.2, 0.25) is 0 Å². The molecule has 0 aliphatic carbocycles. The summed E-state index contributed by atoms with van der Waals surface area (Å²) < 4.78 is 8.90. The molecule has 0 spiro atoms. The SMILES string of the molecule is CC#CCn1c(NCCN)nc2nc(Oc3c(C)cc(C(=O)O)cc3C)n(C)c(=O)c21. The van der Waals surface area contributed by atoms with Gasteiger partial charge >= 0.3 is 12.0 Å². The van der Waals surface area contributed by atoms with Gasteiger partial charge in [0.15, 0.2) is 11.2 Å². The van der Waals surface area contributed by atoms with Crippen LogP contribution in [-0.4, -0.2) is 43.3 Å². The molecule has 162 valence electrons. The van der Waals surface area contributed by atoms with Gasteiger partial charge in [-0.05, 0) is 44.0 Å². The van der Waals surface area contributed by atoms with E-state index in [1.807, 2.05) is 0 Å². The highest BCUT2D eigenvalue weighted by atomic mass is 16.5. The Bertz CT molecular complexity index is 1260. The quantitative estimate of drug-likeness (QED) is 0.487. The minimum Gasteiger partial charge on any atom is -0.478 e. The van der Waals surface area contributed by atoms with Gasteiger partial charge in [-0.25, -0.2) is 4.79 Å². The number of ether oxygens (including phenoxy) is 1. The molecular formula is C21H24N6O4. The molecule has 10 heteroatoms. The Hall–Kier alpha value is -3.84. The van der Waals surface area contributed by atoms with E-state index in [1.165, 1.54) is 16.7 Å². The number of nitrogens with zero attached hydrogens (tertiary/aromatic N) is 4. The largest absolute Gasteiger partial charge is 0.478 e. The van der Waals surface area contributed by atoms with Crippen molar-refractivity contribution in [1.29, 1.82) is 0 Å². The summed E-state index contributed by atoms with van der Waals surface area (Å²) in [7, 11) is 1.55. The third kappa shape index (κ3) is 4.22. The number of anilines is 1. The highest BCUT2D eigenvalue weighted by Gasteiger charge is 2.20. The molecule has 3 rings (SSSR count). The Morgan fingerprint density at radius 1 is 1.29 bits per heavy atom. The molecule has 0 fully saturated rings. The molecule has 0 aliphatic rings. The van der Waals surface area contributed by atoms with Crippen molar-refractivity contribution in [2.75, 3.05) is 18.4 Å². The van der Waals surface area contributed by atoms with Crippen LogP contribution in [0.25, 0.3) is 11.2 Å². The summed E-state index contributed by atoms with van der Waals surface area (Å²) in [5, 5.41) is 12.3. The van der Waals surface area contributed by atoms with Crippen molar-refractivity contribution in [3.63, 3.8) is 0 Å². The maximum Gasteiger partial charge on any atom is 0.335 e. The zero-order valence-electron chi connectivity index (χ0n) is 17.8. The van der Waals surface area contributed by atoms with Crippen molar-refractivity contribution in [2.24, 2.45) is 12.8 Å². The second-order valence-corrected chi connectivity index (χ2v) is 6.94. The van der Waals surface area contributed by atoms with Crippen LogP contribution in [0.5, 0.6) is 11.8 Å². The lowest BCUT2D eigenvalue weighted by Crippen LogP contribution is -2.22. The number of imidazole rings is 1. The van der Waals surface area contributed by atoms with E-state index in [0.717, 1.165) is 0 Å². The number of benzene rings is 1. The third-order valence-electron chi connectivity index (χ3n) is 4.69. The Labute approximate surface area is 178 Å². The van der Waals surface area contributed by atoms with Gasteiger partial charge < -0.3 is 20.9 Å². The van der Waals surface area contributed by atoms with Gasteiger partial charge in [0.1, 0.15) is 5.75 Å². The van der Waals surface area contributed by atoms with Crippen LogP contribution >= 0.6 is 0 Å². The Kier molecular flexibility index (Phi) is 6.27. The number of carboxylic acids is 1. The predicted molar refractivity (Wildman–Crippen MR) is 117 cm³/mol. The predicted octanol–water partition coefficient (Wildman–Crippen LogP) is 1.63. The summed E-state index contributed by atoms with van der Waals surface area (Å²) in [6, 6.07) is 3.06. The van der Waals surface area contributed by atoms with Gasteiger partial charge in [0.05, 0.1) is 12.1 Å². The topological polar surface area (TPSA) is 137 Å². The maximum absolute atomic E-state index is 13.1. The average molecular weight is 424 g/mol. The number of hydrogen-bond donors (Lipinski definition) is 3. The van der Waals surface area contributed by atoms with Gasteiger partial charge in [0.25, 0.3) is 5.56 Å². The lowest BCUT2D eigenvalue weighted by molar-refractivity contribution is 0.0696. The van der Waals surface area contributed by atoms with E-state index >= 15 is 0 Å². The molecule has 0 saturated heterocycles. The van der Waals surface area contributed by atoms with E-state index in [1.54, 1.807) is 32.4 Å². The van der Waals surface area contributed by atoms with Crippen LogP contribution in [0, 0.1) is 25.7 Å². The van der Waals surface area contributed by atoms with Crippen molar-refractivity contribution in [3.8, 4) is 23.6 Å². The van der Waals surface area contributed by atoms with E-state index in [4.69, 9.17) is 10.5 Å². The minimum atomic E-state index is -1.03. The summed E-state index contributed by atoms with van der Waals surface area (Å²) >= 11 is 0. The van der Waals surface area contributed by atoms with Crippen molar-refractivity contribution >= 4 is 23.1 Å². The first-order valence-electron chi connectivity index (χ1n) is 9.61. The fourth-order valence-electron chi connectivity index (χ4n) is 3.19. The normalized spacial score (nSPS) is 10.6. The number of fused-ring (bicyclic) bond motifs is 1. The molecule has 0 atom stereocenters. The van der Waals surface area contributed by atoms with Crippen LogP contribution in [0.3, 0.4) is 0 Å². The molecule has 4 N–H and O–H groups in total. The number of hydrogen-bond acceptors (Lipinski definition) is 7. The first-order chi connectivity index (χ1) is 14.8. The standard InChI is InChI=1S/C21H24N6O4/c1-5-6-9-27-15-17(24-20(27)23-8-7-22)25-21(26(4)18(15)28)31-16-12(2)10-14(19(29)30)11-13(16)3/h10-11H,7-9,22H2,1-4H3,(H,23,24)(H,29,30). The summed E-state index contributed by atoms with van der Waals surface area (Å²) in [6.45, 7) is 6.33. The lowest BCUT2D eigenvalue weighted by atomic mass is 10.1. The molecule has 3 aromatic rings. The van der Waals surface area contributed by atoms with Gasteiger partial charge in [-0.2, -0.15) is 9.97 Å². The fraction of sp³-hybridized carbons (Fsp3) is 0.333. The average Bonchev–Trinajstić information content (AvgIpc) is 3.07. The molecule has 31 heavy (non-hydrogen) atoms. The number of carboxylic acid groups (broad SMARTS) is 1. The van der Waals surface area contributed by atoms with E-state index in [2.05, 4.69) is 27.1 Å². The number of aryl methyl sites for hydroxylation is 2. The molecular weight excluding hydrogens is 400 g/mol. The van der Waals surface area contributed by atoms with E-state index < -0.39 is 5.97 Å². The Balaban J connectivity index is 2.13. The smallest absolute Gasteiger partial charge is 0.335 e. The zero-order valence-corrected chi connectivity index (χ0v) is 17.8. The number of carbonyl (C=O) groups is 1. The van der Waals surface area contributed by atoms with Gasteiger partial charge in [0, 0.05) is 20.1 Å². The monoisotopic (exact) mass is 424 g/mol. The minimum absolute atomic E-state index is 0.0448. The summed E-state index contributed by atoms with van der Waals surface area (Å²) in [6.07, 6.45) is 0.